The predicted molar refractivity (Wildman–Crippen MR) is 61.0 cm³/mol. The molecule has 1 unspecified atom stereocenters. The van der Waals surface area contributed by atoms with E-state index in [0.717, 1.165) is 5.56 Å². The fourth-order valence-corrected chi connectivity index (χ4v) is 1.84. The summed E-state index contributed by atoms with van der Waals surface area (Å²) < 4.78 is 4.86. The molecule has 1 heterocycles. The average Bonchev–Trinajstić information content (AvgIpc) is 2.64. The van der Waals surface area contributed by atoms with Gasteiger partial charge in [0.25, 0.3) is 0 Å². The van der Waals surface area contributed by atoms with Crippen molar-refractivity contribution in [3.8, 4) is 0 Å². The lowest BCUT2D eigenvalue weighted by Gasteiger charge is -2.19. The zero-order valence-corrected chi connectivity index (χ0v) is 9.35. The van der Waals surface area contributed by atoms with Crippen LogP contribution in [0.1, 0.15) is 17.2 Å². The van der Waals surface area contributed by atoms with Gasteiger partial charge in [-0.2, -0.15) is 0 Å². The van der Waals surface area contributed by atoms with Crippen LogP contribution in [0, 0.1) is 6.92 Å². The van der Waals surface area contributed by atoms with E-state index in [0.29, 0.717) is 19.7 Å². The Labute approximate surface area is 95.0 Å². The van der Waals surface area contributed by atoms with Crippen molar-refractivity contribution in [2.75, 3.05) is 19.7 Å². The standard InChI is InChI=1S/C12H16N2O2/c1-9-3-2-4-10(7-9)11(13)8-14-5-6-16-12(14)15/h2-4,7,11H,5-6,8,13H2,1H3. The Kier molecular flexibility index (Phi) is 3.10. The monoisotopic (exact) mass is 220 g/mol. The Hall–Kier alpha value is -1.55. The normalized spacial score (nSPS) is 17.4. The van der Waals surface area contributed by atoms with Gasteiger partial charge < -0.3 is 15.4 Å². The summed E-state index contributed by atoms with van der Waals surface area (Å²) in [5.41, 5.74) is 8.29. The fraction of sp³-hybridized carbons (Fsp3) is 0.417. The number of ether oxygens (including phenoxy) is 1. The van der Waals surface area contributed by atoms with E-state index in [-0.39, 0.29) is 12.1 Å². The lowest BCUT2D eigenvalue weighted by molar-refractivity contribution is 0.157. The van der Waals surface area contributed by atoms with Gasteiger partial charge >= 0.3 is 6.09 Å². The van der Waals surface area contributed by atoms with Crippen molar-refractivity contribution in [2.45, 2.75) is 13.0 Å². The number of carbonyl (C=O) groups excluding carboxylic acids is 1. The summed E-state index contributed by atoms with van der Waals surface area (Å²) in [6.45, 7) is 3.65. The SMILES string of the molecule is Cc1cccc(C(N)CN2CCOC2=O)c1. The Bertz CT molecular complexity index is 392. The van der Waals surface area contributed by atoms with Crippen molar-refractivity contribution in [3.63, 3.8) is 0 Å². The van der Waals surface area contributed by atoms with E-state index in [2.05, 4.69) is 0 Å². The molecule has 0 radical (unpaired) electrons. The summed E-state index contributed by atoms with van der Waals surface area (Å²) in [5, 5.41) is 0. The molecule has 4 nitrogen and oxygen atoms in total. The van der Waals surface area contributed by atoms with Crippen LogP contribution in [0.15, 0.2) is 24.3 Å². The number of aryl methyl sites for hydroxylation is 1. The van der Waals surface area contributed by atoms with Crippen LogP contribution in [0.2, 0.25) is 0 Å². The molecule has 0 spiro atoms. The first kappa shape index (κ1) is 11.0. The van der Waals surface area contributed by atoms with Crippen LogP contribution in [0.5, 0.6) is 0 Å². The number of amides is 1. The second-order valence-corrected chi connectivity index (χ2v) is 4.08. The van der Waals surface area contributed by atoms with Gasteiger partial charge in [0.2, 0.25) is 0 Å². The van der Waals surface area contributed by atoms with Crippen molar-refractivity contribution < 1.29 is 9.53 Å². The molecule has 1 fully saturated rings. The van der Waals surface area contributed by atoms with Crippen molar-refractivity contribution in [2.24, 2.45) is 5.73 Å². The van der Waals surface area contributed by atoms with E-state index >= 15 is 0 Å². The predicted octanol–water partition coefficient (Wildman–Crippen LogP) is 1.45. The van der Waals surface area contributed by atoms with Gasteiger partial charge in [-0.15, -0.1) is 0 Å². The lowest BCUT2D eigenvalue weighted by Crippen LogP contribution is -2.32. The summed E-state index contributed by atoms with van der Waals surface area (Å²) in [6, 6.07) is 7.89. The molecule has 0 saturated carbocycles. The number of hydrogen-bond donors (Lipinski definition) is 1. The minimum absolute atomic E-state index is 0.148. The minimum Gasteiger partial charge on any atom is -0.448 e. The first-order valence-corrected chi connectivity index (χ1v) is 5.40. The molecule has 1 atom stereocenters. The van der Waals surface area contributed by atoms with E-state index in [1.54, 1.807) is 4.90 Å². The van der Waals surface area contributed by atoms with Gasteiger partial charge in [0.1, 0.15) is 6.61 Å². The molecule has 86 valence electrons. The number of cyclic esters (lactones) is 1. The highest BCUT2D eigenvalue weighted by Crippen LogP contribution is 2.15. The smallest absolute Gasteiger partial charge is 0.410 e. The van der Waals surface area contributed by atoms with Gasteiger partial charge in [0.05, 0.1) is 6.54 Å². The zero-order valence-electron chi connectivity index (χ0n) is 9.35. The maximum absolute atomic E-state index is 11.3. The average molecular weight is 220 g/mol. The van der Waals surface area contributed by atoms with Crippen LogP contribution in [0.3, 0.4) is 0 Å². The van der Waals surface area contributed by atoms with Crippen LogP contribution < -0.4 is 5.73 Å². The van der Waals surface area contributed by atoms with Gasteiger partial charge in [0, 0.05) is 12.6 Å². The first-order chi connectivity index (χ1) is 7.66. The molecule has 1 aromatic rings. The molecular formula is C12H16N2O2. The molecule has 1 saturated heterocycles. The summed E-state index contributed by atoms with van der Waals surface area (Å²) in [5.74, 6) is 0. The van der Waals surface area contributed by atoms with Crippen molar-refractivity contribution in [3.05, 3.63) is 35.4 Å². The van der Waals surface area contributed by atoms with E-state index in [1.807, 2.05) is 31.2 Å². The summed E-state index contributed by atoms with van der Waals surface area (Å²) in [7, 11) is 0. The van der Waals surface area contributed by atoms with Crippen LogP contribution in [0.25, 0.3) is 0 Å². The Balaban J connectivity index is 2.02. The summed E-state index contributed by atoms with van der Waals surface area (Å²) >= 11 is 0. The molecule has 1 aliphatic rings. The highest BCUT2D eigenvalue weighted by Gasteiger charge is 2.24. The van der Waals surface area contributed by atoms with Crippen LogP contribution in [0.4, 0.5) is 4.79 Å². The third-order valence-electron chi connectivity index (χ3n) is 2.73. The van der Waals surface area contributed by atoms with Crippen LogP contribution in [-0.4, -0.2) is 30.7 Å². The molecule has 2 rings (SSSR count). The van der Waals surface area contributed by atoms with Crippen molar-refractivity contribution >= 4 is 6.09 Å². The maximum atomic E-state index is 11.3. The van der Waals surface area contributed by atoms with E-state index in [9.17, 15) is 4.79 Å². The van der Waals surface area contributed by atoms with Crippen molar-refractivity contribution in [1.82, 2.24) is 4.90 Å². The number of benzene rings is 1. The van der Waals surface area contributed by atoms with Gasteiger partial charge in [-0.1, -0.05) is 29.8 Å². The number of rotatable bonds is 3. The highest BCUT2D eigenvalue weighted by molar-refractivity contribution is 5.69. The van der Waals surface area contributed by atoms with Gasteiger partial charge in [-0.3, -0.25) is 0 Å². The number of nitrogens with zero attached hydrogens (tertiary/aromatic N) is 1. The molecule has 1 aromatic carbocycles. The number of nitrogens with two attached hydrogens (primary N) is 1. The molecule has 16 heavy (non-hydrogen) atoms. The zero-order chi connectivity index (χ0) is 11.5. The first-order valence-electron chi connectivity index (χ1n) is 5.40. The molecule has 2 N–H and O–H groups in total. The largest absolute Gasteiger partial charge is 0.448 e. The fourth-order valence-electron chi connectivity index (χ4n) is 1.84. The maximum Gasteiger partial charge on any atom is 0.410 e. The van der Waals surface area contributed by atoms with E-state index < -0.39 is 0 Å². The minimum atomic E-state index is -0.261. The van der Waals surface area contributed by atoms with Gasteiger partial charge in [0.15, 0.2) is 0 Å². The number of hydrogen-bond acceptors (Lipinski definition) is 3. The molecule has 1 amide bonds. The molecule has 0 aromatic heterocycles. The van der Waals surface area contributed by atoms with E-state index in [1.165, 1.54) is 5.56 Å². The third kappa shape index (κ3) is 2.33. The molecule has 0 aliphatic carbocycles. The second kappa shape index (κ2) is 4.53. The Morgan fingerprint density at radius 3 is 3.00 bits per heavy atom. The van der Waals surface area contributed by atoms with Gasteiger partial charge in [-0.05, 0) is 12.5 Å². The van der Waals surface area contributed by atoms with Gasteiger partial charge in [-0.25, -0.2) is 4.79 Å². The Morgan fingerprint density at radius 2 is 2.38 bits per heavy atom. The highest BCUT2D eigenvalue weighted by atomic mass is 16.6. The molecule has 0 bridgehead atoms. The van der Waals surface area contributed by atoms with Crippen molar-refractivity contribution in [1.29, 1.82) is 0 Å². The topological polar surface area (TPSA) is 55.6 Å². The number of carbonyl (C=O) groups is 1. The lowest BCUT2D eigenvalue weighted by atomic mass is 10.0. The Morgan fingerprint density at radius 1 is 1.56 bits per heavy atom. The third-order valence-corrected chi connectivity index (χ3v) is 2.73. The van der Waals surface area contributed by atoms with Crippen LogP contribution >= 0.6 is 0 Å². The summed E-state index contributed by atoms with van der Waals surface area (Å²) in [6.07, 6.45) is -0.261. The quantitative estimate of drug-likeness (QED) is 0.838. The molecule has 4 heteroatoms. The van der Waals surface area contributed by atoms with Crippen LogP contribution in [-0.2, 0) is 4.74 Å². The second-order valence-electron chi connectivity index (χ2n) is 4.08. The van der Waals surface area contributed by atoms with E-state index in [4.69, 9.17) is 10.5 Å². The molecular weight excluding hydrogens is 204 g/mol. The molecule has 1 aliphatic heterocycles. The summed E-state index contributed by atoms with van der Waals surface area (Å²) in [4.78, 5) is 12.9.